The summed E-state index contributed by atoms with van der Waals surface area (Å²) in [5.74, 6) is -1.82. The molecular formula is C23H19F6NO3. The summed E-state index contributed by atoms with van der Waals surface area (Å²) in [5.41, 5.74) is -2.08. The number of benzene rings is 1. The second-order valence-electron chi connectivity index (χ2n) is 8.18. The van der Waals surface area contributed by atoms with Crippen molar-refractivity contribution in [2.45, 2.75) is 45.0 Å². The maximum atomic E-state index is 13.4. The van der Waals surface area contributed by atoms with Gasteiger partial charge in [-0.05, 0) is 55.0 Å². The lowest BCUT2D eigenvalue weighted by molar-refractivity contribution is -0.144. The number of Topliss-reactive ketones (excluding diaryl/α,β-unsaturated/α-hetero) is 1. The van der Waals surface area contributed by atoms with Gasteiger partial charge in [0.15, 0.2) is 5.78 Å². The number of aromatic nitrogens is 1. The Bertz CT molecular complexity index is 1140. The van der Waals surface area contributed by atoms with E-state index in [0.717, 1.165) is 0 Å². The van der Waals surface area contributed by atoms with Crippen LogP contribution in [0.15, 0.2) is 36.2 Å². The van der Waals surface area contributed by atoms with Crippen molar-refractivity contribution in [3.8, 4) is 11.6 Å². The van der Waals surface area contributed by atoms with Crippen LogP contribution in [0.2, 0.25) is 0 Å². The molecule has 4 nitrogen and oxygen atoms in total. The molecule has 10 heteroatoms. The van der Waals surface area contributed by atoms with Gasteiger partial charge in [-0.25, -0.2) is 4.98 Å². The highest BCUT2D eigenvalue weighted by atomic mass is 19.4. The molecule has 0 spiro atoms. The standard InChI is InChI=1S/C23H19F6NO3/c1-2-11-5-6-15(9-16(11)18-19(31)12-3-4-13(7-12)20(18)32)33-21-17(23(27,28)29)8-14(10-30-21)22(24,25)26/h5-6,8-10,12-13,31H,2-4,7H2,1H3/t12-,13-/m1/s1. The van der Waals surface area contributed by atoms with Gasteiger partial charge in [0.1, 0.15) is 17.1 Å². The molecule has 1 aromatic carbocycles. The normalized spacial score (nSPS) is 21.0. The van der Waals surface area contributed by atoms with Crippen LogP contribution in [0.4, 0.5) is 26.3 Å². The fraction of sp³-hybridized carbons (Fsp3) is 0.391. The van der Waals surface area contributed by atoms with E-state index in [2.05, 4.69) is 4.98 Å². The Morgan fingerprint density at radius 2 is 1.76 bits per heavy atom. The third-order valence-corrected chi connectivity index (χ3v) is 6.12. The van der Waals surface area contributed by atoms with Crippen molar-refractivity contribution in [2.24, 2.45) is 11.8 Å². The molecule has 1 saturated carbocycles. The number of pyridine rings is 1. The number of carbonyl (C=O) groups is 1. The number of hydrogen-bond acceptors (Lipinski definition) is 4. The summed E-state index contributed by atoms with van der Waals surface area (Å²) in [7, 11) is 0. The summed E-state index contributed by atoms with van der Waals surface area (Å²) < 4.78 is 84.2. The SMILES string of the molecule is CCc1ccc(Oc2ncc(C(F)(F)F)cc2C(F)(F)F)cc1C1=C(O)[C@@H]2CC[C@H](C2)C1=O. The molecule has 1 N–H and O–H groups in total. The Labute approximate surface area is 184 Å². The van der Waals surface area contributed by atoms with E-state index in [1.807, 2.05) is 6.92 Å². The van der Waals surface area contributed by atoms with Gasteiger partial charge < -0.3 is 9.84 Å². The molecule has 0 unspecified atom stereocenters. The number of aryl methyl sites for hydroxylation is 1. The van der Waals surface area contributed by atoms with Crippen LogP contribution in [-0.2, 0) is 23.6 Å². The number of carbonyl (C=O) groups excluding carboxylic acids is 1. The number of ether oxygens (including phenoxy) is 1. The summed E-state index contributed by atoms with van der Waals surface area (Å²) in [6, 6.07) is 4.17. The molecule has 2 atom stereocenters. The number of aliphatic hydroxyl groups is 1. The van der Waals surface area contributed by atoms with Crippen molar-refractivity contribution in [1.82, 2.24) is 4.98 Å². The lowest BCUT2D eigenvalue weighted by Crippen LogP contribution is -2.22. The Kier molecular flexibility index (Phi) is 5.66. The van der Waals surface area contributed by atoms with E-state index in [4.69, 9.17) is 4.74 Å². The van der Waals surface area contributed by atoms with E-state index in [1.165, 1.54) is 12.1 Å². The van der Waals surface area contributed by atoms with E-state index in [1.54, 1.807) is 6.07 Å². The minimum absolute atomic E-state index is 0.0377. The van der Waals surface area contributed by atoms with Crippen LogP contribution in [0, 0.1) is 11.8 Å². The van der Waals surface area contributed by atoms with Crippen molar-refractivity contribution in [3.63, 3.8) is 0 Å². The number of allylic oxidation sites excluding steroid dienone is 2. The topological polar surface area (TPSA) is 59.4 Å². The molecule has 1 fully saturated rings. The van der Waals surface area contributed by atoms with Crippen LogP contribution in [0.5, 0.6) is 11.6 Å². The molecule has 0 radical (unpaired) electrons. The van der Waals surface area contributed by atoms with Gasteiger partial charge in [-0.1, -0.05) is 13.0 Å². The van der Waals surface area contributed by atoms with Crippen molar-refractivity contribution in [3.05, 3.63) is 58.5 Å². The first-order chi connectivity index (χ1) is 15.4. The zero-order valence-electron chi connectivity index (χ0n) is 17.3. The van der Waals surface area contributed by atoms with E-state index in [0.29, 0.717) is 36.8 Å². The number of aliphatic hydroxyl groups excluding tert-OH is 1. The number of halogens is 6. The van der Waals surface area contributed by atoms with Crippen LogP contribution in [-0.4, -0.2) is 15.9 Å². The molecule has 4 rings (SSSR count). The predicted octanol–water partition coefficient (Wildman–Crippen LogP) is 6.74. The molecular weight excluding hydrogens is 452 g/mol. The zero-order valence-corrected chi connectivity index (χ0v) is 17.3. The molecule has 0 aliphatic heterocycles. The van der Waals surface area contributed by atoms with Crippen LogP contribution in [0.3, 0.4) is 0 Å². The van der Waals surface area contributed by atoms with Crippen molar-refractivity contribution < 1.29 is 41.0 Å². The molecule has 1 heterocycles. The molecule has 0 saturated heterocycles. The van der Waals surface area contributed by atoms with Crippen molar-refractivity contribution in [1.29, 1.82) is 0 Å². The van der Waals surface area contributed by atoms with Gasteiger partial charge >= 0.3 is 12.4 Å². The molecule has 2 bridgehead atoms. The maximum absolute atomic E-state index is 13.4. The lowest BCUT2D eigenvalue weighted by atomic mass is 9.81. The molecule has 0 amide bonds. The first-order valence-corrected chi connectivity index (χ1v) is 10.3. The largest absolute Gasteiger partial charge is 0.511 e. The second kappa shape index (κ2) is 8.07. The Morgan fingerprint density at radius 3 is 2.39 bits per heavy atom. The van der Waals surface area contributed by atoms with Gasteiger partial charge in [0.25, 0.3) is 0 Å². The minimum atomic E-state index is -5.14. The molecule has 33 heavy (non-hydrogen) atoms. The summed E-state index contributed by atoms with van der Waals surface area (Å²) in [4.78, 5) is 16.2. The van der Waals surface area contributed by atoms with Crippen LogP contribution in [0.1, 0.15) is 48.4 Å². The van der Waals surface area contributed by atoms with Crippen molar-refractivity contribution >= 4 is 11.4 Å². The number of alkyl halides is 6. The Balaban J connectivity index is 1.77. The van der Waals surface area contributed by atoms with E-state index < -0.39 is 29.4 Å². The fourth-order valence-electron chi connectivity index (χ4n) is 4.44. The first kappa shape index (κ1) is 23.1. The van der Waals surface area contributed by atoms with Gasteiger partial charge in [-0.2, -0.15) is 26.3 Å². The third-order valence-electron chi connectivity index (χ3n) is 6.12. The first-order valence-electron chi connectivity index (χ1n) is 10.3. The summed E-state index contributed by atoms with van der Waals surface area (Å²) in [6.45, 7) is 1.82. The average molecular weight is 471 g/mol. The monoisotopic (exact) mass is 471 g/mol. The van der Waals surface area contributed by atoms with Gasteiger partial charge in [0, 0.05) is 18.0 Å². The number of fused-ring (bicyclic) bond motifs is 2. The molecule has 2 aliphatic carbocycles. The predicted molar refractivity (Wildman–Crippen MR) is 106 cm³/mol. The van der Waals surface area contributed by atoms with Crippen LogP contribution >= 0.6 is 0 Å². The summed E-state index contributed by atoms with van der Waals surface area (Å²) >= 11 is 0. The molecule has 2 aliphatic rings. The number of ketones is 1. The van der Waals surface area contributed by atoms with Crippen LogP contribution in [0.25, 0.3) is 5.57 Å². The van der Waals surface area contributed by atoms with E-state index in [9.17, 15) is 36.2 Å². The zero-order chi connectivity index (χ0) is 24.1. The van der Waals surface area contributed by atoms with E-state index >= 15 is 0 Å². The minimum Gasteiger partial charge on any atom is -0.511 e. The molecule has 176 valence electrons. The second-order valence-corrected chi connectivity index (χ2v) is 8.18. The Morgan fingerprint density at radius 1 is 1.06 bits per heavy atom. The van der Waals surface area contributed by atoms with Crippen LogP contribution < -0.4 is 4.74 Å². The van der Waals surface area contributed by atoms with E-state index in [-0.39, 0.29) is 47.0 Å². The van der Waals surface area contributed by atoms with Gasteiger partial charge in [0.05, 0.1) is 11.1 Å². The highest BCUT2D eigenvalue weighted by molar-refractivity contribution is 6.23. The number of hydrogen-bond donors (Lipinski definition) is 1. The third kappa shape index (κ3) is 4.30. The lowest BCUT2D eigenvalue weighted by Gasteiger charge is -2.23. The highest BCUT2D eigenvalue weighted by Gasteiger charge is 2.42. The number of rotatable bonds is 4. The maximum Gasteiger partial charge on any atom is 0.421 e. The Hall–Kier alpha value is -3.04. The molecule has 1 aromatic heterocycles. The van der Waals surface area contributed by atoms with Crippen molar-refractivity contribution in [2.75, 3.05) is 0 Å². The van der Waals surface area contributed by atoms with Gasteiger partial charge in [-0.15, -0.1) is 0 Å². The van der Waals surface area contributed by atoms with Gasteiger partial charge in [0.2, 0.25) is 5.88 Å². The summed E-state index contributed by atoms with van der Waals surface area (Å²) in [6.07, 6.45) is -7.52. The number of nitrogens with zero attached hydrogens (tertiary/aromatic N) is 1. The summed E-state index contributed by atoms with van der Waals surface area (Å²) in [5, 5.41) is 10.7. The van der Waals surface area contributed by atoms with Gasteiger partial charge in [-0.3, -0.25) is 4.79 Å². The average Bonchev–Trinajstić information content (AvgIpc) is 3.19. The fourth-order valence-corrected chi connectivity index (χ4v) is 4.44. The highest BCUT2D eigenvalue weighted by Crippen LogP contribution is 2.47. The smallest absolute Gasteiger partial charge is 0.421 e. The molecule has 2 aromatic rings. The quantitative estimate of drug-likeness (QED) is 0.502.